The van der Waals surface area contributed by atoms with Crippen LogP contribution in [0.25, 0.3) is 0 Å². The molecule has 0 radical (unpaired) electrons. The molecular weight excluding hydrogens is 160 g/mol. The highest BCUT2D eigenvalue weighted by atomic mass is 15.1. The van der Waals surface area contributed by atoms with Gasteiger partial charge in [-0.05, 0) is 52.9 Å². The van der Waals surface area contributed by atoms with Gasteiger partial charge in [0.05, 0.1) is 0 Å². The minimum Gasteiger partial charge on any atom is -0.320 e. The molecule has 0 bridgehead atoms. The number of nitrogens with one attached hydrogen (secondary N) is 1. The second-order valence-electron chi connectivity index (χ2n) is 4.47. The Morgan fingerprint density at radius 2 is 2.15 bits per heavy atom. The Labute approximate surface area is 82.7 Å². The van der Waals surface area contributed by atoms with Gasteiger partial charge in [-0.2, -0.15) is 0 Å². The standard InChI is InChI=1S/C11H24N2/c1-10(9-11-5-6-11)13(3)8-4-7-12-2/h10-12H,4-9H2,1-3H3. The molecule has 0 aromatic rings. The van der Waals surface area contributed by atoms with Crippen molar-refractivity contribution in [2.45, 2.75) is 38.6 Å². The minimum atomic E-state index is 0.782. The summed E-state index contributed by atoms with van der Waals surface area (Å²) in [5.74, 6) is 1.06. The molecule has 1 atom stereocenters. The first-order valence-corrected chi connectivity index (χ1v) is 5.59. The molecule has 1 saturated carbocycles. The molecule has 0 spiro atoms. The van der Waals surface area contributed by atoms with Crippen molar-refractivity contribution in [1.82, 2.24) is 10.2 Å². The lowest BCUT2D eigenvalue weighted by Crippen LogP contribution is -2.31. The lowest BCUT2D eigenvalue weighted by molar-refractivity contribution is 0.236. The van der Waals surface area contributed by atoms with Crippen LogP contribution in [0.1, 0.15) is 32.6 Å². The number of rotatable bonds is 7. The van der Waals surface area contributed by atoms with Gasteiger partial charge in [-0.3, -0.25) is 0 Å². The second kappa shape index (κ2) is 5.61. The highest BCUT2D eigenvalue weighted by molar-refractivity contribution is 4.78. The average Bonchev–Trinajstić information content (AvgIpc) is 2.88. The van der Waals surface area contributed by atoms with E-state index in [0.29, 0.717) is 0 Å². The monoisotopic (exact) mass is 184 g/mol. The van der Waals surface area contributed by atoms with Gasteiger partial charge >= 0.3 is 0 Å². The molecule has 0 aliphatic heterocycles. The number of nitrogens with zero attached hydrogens (tertiary/aromatic N) is 1. The molecule has 1 unspecified atom stereocenters. The van der Waals surface area contributed by atoms with Gasteiger partial charge < -0.3 is 10.2 Å². The van der Waals surface area contributed by atoms with Crippen molar-refractivity contribution in [3.63, 3.8) is 0 Å². The van der Waals surface area contributed by atoms with Gasteiger partial charge in [0.1, 0.15) is 0 Å². The van der Waals surface area contributed by atoms with E-state index >= 15 is 0 Å². The van der Waals surface area contributed by atoms with E-state index in [1.807, 2.05) is 7.05 Å². The highest BCUT2D eigenvalue weighted by Crippen LogP contribution is 2.34. The smallest absolute Gasteiger partial charge is 0.00665 e. The Morgan fingerprint density at radius 1 is 1.46 bits per heavy atom. The summed E-state index contributed by atoms with van der Waals surface area (Å²) in [5, 5.41) is 3.19. The van der Waals surface area contributed by atoms with E-state index < -0.39 is 0 Å². The van der Waals surface area contributed by atoms with Gasteiger partial charge in [0.25, 0.3) is 0 Å². The lowest BCUT2D eigenvalue weighted by Gasteiger charge is -2.24. The van der Waals surface area contributed by atoms with Crippen molar-refractivity contribution in [3.8, 4) is 0 Å². The third-order valence-corrected chi connectivity index (χ3v) is 3.06. The molecular formula is C11H24N2. The van der Waals surface area contributed by atoms with Crippen molar-refractivity contribution >= 4 is 0 Å². The first kappa shape index (κ1) is 11.0. The van der Waals surface area contributed by atoms with Crippen LogP contribution in [0, 0.1) is 5.92 Å². The summed E-state index contributed by atoms with van der Waals surface area (Å²) in [6.07, 6.45) is 5.64. The topological polar surface area (TPSA) is 15.3 Å². The minimum absolute atomic E-state index is 0.782. The van der Waals surface area contributed by atoms with E-state index in [0.717, 1.165) is 18.5 Å². The van der Waals surface area contributed by atoms with E-state index in [1.165, 1.54) is 32.2 Å². The quantitative estimate of drug-likeness (QED) is 0.606. The van der Waals surface area contributed by atoms with Crippen molar-refractivity contribution < 1.29 is 0 Å². The Morgan fingerprint density at radius 3 is 2.69 bits per heavy atom. The van der Waals surface area contributed by atoms with Crippen LogP contribution in [-0.4, -0.2) is 38.1 Å². The van der Waals surface area contributed by atoms with Crippen molar-refractivity contribution in [2.75, 3.05) is 27.2 Å². The van der Waals surface area contributed by atoms with Gasteiger partial charge in [0, 0.05) is 6.04 Å². The third kappa shape index (κ3) is 4.63. The molecule has 1 aliphatic rings. The Kier molecular flexibility index (Phi) is 4.74. The molecule has 0 aromatic carbocycles. The fourth-order valence-electron chi connectivity index (χ4n) is 1.74. The lowest BCUT2D eigenvalue weighted by atomic mass is 10.1. The van der Waals surface area contributed by atoms with Crippen LogP contribution in [0.2, 0.25) is 0 Å². The molecule has 2 heteroatoms. The maximum atomic E-state index is 3.19. The average molecular weight is 184 g/mol. The molecule has 1 rings (SSSR count). The van der Waals surface area contributed by atoms with Gasteiger partial charge in [0.2, 0.25) is 0 Å². The predicted molar refractivity (Wildman–Crippen MR) is 58.0 cm³/mol. The summed E-state index contributed by atoms with van der Waals surface area (Å²) in [5.41, 5.74) is 0. The molecule has 1 N–H and O–H groups in total. The summed E-state index contributed by atoms with van der Waals surface area (Å²) in [6.45, 7) is 4.73. The van der Waals surface area contributed by atoms with Crippen molar-refractivity contribution in [3.05, 3.63) is 0 Å². The van der Waals surface area contributed by atoms with Crippen LogP contribution in [0.5, 0.6) is 0 Å². The van der Waals surface area contributed by atoms with Crippen LogP contribution in [0.4, 0.5) is 0 Å². The first-order chi connectivity index (χ1) is 6.24. The molecule has 1 fully saturated rings. The summed E-state index contributed by atoms with van der Waals surface area (Å²) in [6, 6.07) is 0.782. The number of hydrogen-bond donors (Lipinski definition) is 1. The summed E-state index contributed by atoms with van der Waals surface area (Å²) in [7, 11) is 4.27. The predicted octanol–water partition coefficient (Wildman–Crippen LogP) is 1.72. The maximum Gasteiger partial charge on any atom is 0.00665 e. The molecule has 1 aliphatic carbocycles. The zero-order chi connectivity index (χ0) is 9.68. The maximum absolute atomic E-state index is 3.19. The molecule has 13 heavy (non-hydrogen) atoms. The molecule has 0 saturated heterocycles. The fraction of sp³-hybridized carbons (Fsp3) is 1.00. The Hall–Kier alpha value is -0.0800. The van der Waals surface area contributed by atoms with E-state index in [1.54, 1.807) is 0 Å². The Bertz CT molecular complexity index is 132. The van der Waals surface area contributed by atoms with Crippen LogP contribution >= 0.6 is 0 Å². The molecule has 0 heterocycles. The van der Waals surface area contributed by atoms with E-state index in [-0.39, 0.29) is 0 Å². The van der Waals surface area contributed by atoms with Gasteiger partial charge in [-0.25, -0.2) is 0 Å². The normalized spacial score (nSPS) is 19.4. The van der Waals surface area contributed by atoms with Crippen LogP contribution in [0.15, 0.2) is 0 Å². The summed E-state index contributed by atoms with van der Waals surface area (Å²) >= 11 is 0. The van der Waals surface area contributed by atoms with E-state index in [4.69, 9.17) is 0 Å². The highest BCUT2D eigenvalue weighted by Gasteiger charge is 2.24. The molecule has 0 aromatic heterocycles. The van der Waals surface area contributed by atoms with Crippen molar-refractivity contribution in [2.24, 2.45) is 5.92 Å². The third-order valence-electron chi connectivity index (χ3n) is 3.06. The zero-order valence-electron chi connectivity index (χ0n) is 9.34. The second-order valence-corrected chi connectivity index (χ2v) is 4.47. The largest absolute Gasteiger partial charge is 0.320 e. The van der Waals surface area contributed by atoms with E-state index in [9.17, 15) is 0 Å². The molecule has 78 valence electrons. The van der Waals surface area contributed by atoms with E-state index in [2.05, 4.69) is 24.2 Å². The SMILES string of the molecule is CNCCCN(C)C(C)CC1CC1. The van der Waals surface area contributed by atoms with Gasteiger partial charge in [-0.15, -0.1) is 0 Å². The van der Waals surface area contributed by atoms with Gasteiger partial charge in [-0.1, -0.05) is 12.8 Å². The number of hydrogen-bond acceptors (Lipinski definition) is 2. The van der Waals surface area contributed by atoms with Crippen LogP contribution < -0.4 is 5.32 Å². The zero-order valence-corrected chi connectivity index (χ0v) is 9.34. The summed E-state index contributed by atoms with van der Waals surface area (Å²) < 4.78 is 0. The van der Waals surface area contributed by atoms with Gasteiger partial charge in [0.15, 0.2) is 0 Å². The molecule has 0 amide bonds. The fourth-order valence-corrected chi connectivity index (χ4v) is 1.74. The van der Waals surface area contributed by atoms with Crippen molar-refractivity contribution in [1.29, 1.82) is 0 Å². The molecule has 2 nitrogen and oxygen atoms in total. The van der Waals surface area contributed by atoms with Crippen LogP contribution in [0.3, 0.4) is 0 Å². The summed E-state index contributed by atoms with van der Waals surface area (Å²) in [4.78, 5) is 2.50. The first-order valence-electron chi connectivity index (χ1n) is 5.59. The van der Waals surface area contributed by atoms with Crippen LogP contribution in [-0.2, 0) is 0 Å². The Balaban J connectivity index is 2.02.